The van der Waals surface area contributed by atoms with E-state index in [9.17, 15) is 0 Å². The highest BCUT2D eigenvalue weighted by Gasteiger charge is 2.07. The minimum Gasteiger partial charge on any atom is -0.346 e. The first-order valence-corrected chi connectivity index (χ1v) is 7.53. The van der Waals surface area contributed by atoms with E-state index in [4.69, 9.17) is 0 Å². The van der Waals surface area contributed by atoms with Crippen molar-refractivity contribution in [2.45, 2.75) is 47.2 Å². The first-order chi connectivity index (χ1) is 9.61. The summed E-state index contributed by atoms with van der Waals surface area (Å²) in [5.41, 5.74) is 6.94. The van der Waals surface area contributed by atoms with Gasteiger partial charge in [-0.1, -0.05) is 24.6 Å². The average Bonchev–Trinajstić information content (AvgIpc) is 2.81. The number of hydrogen-bond acceptors (Lipinski definition) is 1. The predicted molar refractivity (Wildman–Crippen MR) is 86.2 cm³/mol. The van der Waals surface area contributed by atoms with Gasteiger partial charge in [-0.05, 0) is 62.6 Å². The zero-order valence-corrected chi connectivity index (χ0v) is 13.2. The molecule has 0 bridgehead atoms. The molecule has 1 N–H and O–H groups in total. The van der Waals surface area contributed by atoms with Gasteiger partial charge in [0.05, 0.1) is 0 Å². The predicted octanol–water partition coefficient (Wildman–Crippen LogP) is 3.96. The standard InChI is InChI=1S/C18H26N2/c1-5-8-19-12-17-7-6-9-20(17)13-18-15(3)10-14(2)11-16(18)4/h6-7,9-11,19H,5,8,12-13H2,1-4H3. The fourth-order valence-corrected chi connectivity index (χ4v) is 2.79. The van der Waals surface area contributed by atoms with E-state index >= 15 is 0 Å². The highest BCUT2D eigenvalue weighted by atomic mass is 15.0. The zero-order chi connectivity index (χ0) is 14.5. The molecule has 0 aliphatic carbocycles. The first kappa shape index (κ1) is 14.9. The maximum atomic E-state index is 3.48. The Morgan fingerprint density at radius 2 is 1.80 bits per heavy atom. The molecule has 0 saturated carbocycles. The Bertz CT molecular complexity index is 544. The van der Waals surface area contributed by atoms with Gasteiger partial charge in [0.1, 0.15) is 0 Å². The smallest absolute Gasteiger partial charge is 0.0478 e. The molecule has 0 aliphatic heterocycles. The van der Waals surface area contributed by atoms with E-state index in [1.807, 2.05) is 0 Å². The van der Waals surface area contributed by atoms with Gasteiger partial charge in [0.2, 0.25) is 0 Å². The van der Waals surface area contributed by atoms with Crippen molar-refractivity contribution in [2.75, 3.05) is 6.54 Å². The molecule has 0 spiro atoms. The van der Waals surface area contributed by atoms with Crippen LogP contribution in [0.4, 0.5) is 0 Å². The lowest BCUT2D eigenvalue weighted by atomic mass is 10.00. The Labute approximate surface area is 122 Å². The van der Waals surface area contributed by atoms with Crippen LogP contribution in [0.25, 0.3) is 0 Å². The highest BCUT2D eigenvalue weighted by Crippen LogP contribution is 2.18. The molecule has 20 heavy (non-hydrogen) atoms. The van der Waals surface area contributed by atoms with Crippen LogP contribution in [-0.4, -0.2) is 11.1 Å². The second kappa shape index (κ2) is 6.76. The molecule has 0 atom stereocenters. The average molecular weight is 270 g/mol. The van der Waals surface area contributed by atoms with Gasteiger partial charge in [-0.15, -0.1) is 0 Å². The summed E-state index contributed by atoms with van der Waals surface area (Å²) in [6.07, 6.45) is 3.36. The van der Waals surface area contributed by atoms with Crippen LogP contribution in [-0.2, 0) is 13.1 Å². The molecule has 0 radical (unpaired) electrons. The maximum Gasteiger partial charge on any atom is 0.0478 e. The number of rotatable bonds is 6. The van der Waals surface area contributed by atoms with E-state index in [1.54, 1.807) is 0 Å². The summed E-state index contributed by atoms with van der Waals surface area (Å²) in [5.74, 6) is 0. The number of nitrogens with one attached hydrogen (secondary N) is 1. The van der Waals surface area contributed by atoms with Gasteiger partial charge in [0.15, 0.2) is 0 Å². The number of hydrogen-bond donors (Lipinski definition) is 1. The molecule has 0 fully saturated rings. The van der Waals surface area contributed by atoms with Crippen molar-refractivity contribution in [2.24, 2.45) is 0 Å². The Balaban J connectivity index is 2.16. The summed E-state index contributed by atoms with van der Waals surface area (Å²) in [5, 5.41) is 3.48. The van der Waals surface area contributed by atoms with E-state index in [2.05, 4.69) is 68.0 Å². The van der Waals surface area contributed by atoms with Crippen LogP contribution in [0.1, 0.15) is 41.3 Å². The van der Waals surface area contributed by atoms with Crippen molar-refractivity contribution in [3.05, 3.63) is 58.4 Å². The van der Waals surface area contributed by atoms with Crippen LogP contribution in [0.2, 0.25) is 0 Å². The first-order valence-electron chi connectivity index (χ1n) is 7.53. The highest BCUT2D eigenvalue weighted by molar-refractivity contribution is 5.37. The third-order valence-corrected chi connectivity index (χ3v) is 3.83. The zero-order valence-electron chi connectivity index (χ0n) is 13.2. The second-order valence-electron chi connectivity index (χ2n) is 5.68. The van der Waals surface area contributed by atoms with Gasteiger partial charge in [-0.3, -0.25) is 0 Å². The van der Waals surface area contributed by atoms with Crippen molar-refractivity contribution < 1.29 is 0 Å². The molecule has 1 heterocycles. The monoisotopic (exact) mass is 270 g/mol. The molecular weight excluding hydrogens is 244 g/mol. The topological polar surface area (TPSA) is 17.0 Å². The van der Waals surface area contributed by atoms with Gasteiger partial charge in [-0.25, -0.2) is 0 Å². The molecule has 0 saturated heterocycles. The van der Waals surface area contributed by atoms with Gasteiger partial charge in [-0.2, -0.15) is 0 Å². The third-order valence-electron chi connectivity index (χ3n) is 3.83. The number of aromatic nitrogens is 1. The number of benzene rings is 1. The molecule has 1 aromatic carbocycles. The molecule has 1 aromatic heterocycles. The summed E-state index contributed by atoms with van der Waals surface area (Å²) in [4.78, 5) is 0. The number of nitrogens with zero attached hydrogens (tertiary/aromatic N) is 1. The molecule has 108 valence electrons. The minimum absolute atomic E-state index is 0.949. The van der Waals surface area contributed by atoms with Crippen LogP contribution in [0, 0.1) is 20.8 Å². The van der Waals surface area contributed by atoms with Crippen LogP contribution >= 0.6 is 0 Å². The Hall–Kier alpha value is -1.54. The minimum atomic E-state index is 0.949. The van der Waals surface area contributed by atoms with Gasteiger partial charge in [0.25, 0.3) is 0 Å². The van der Waals surface area contributed by atoms with Crippen LogP contribution < -0.4 is 5.32 Å². The molecule has 0 aliphatic rings. The normalized spacial score (nSPS) is 11.0. The lowest BCUT2D eigenvalue weighted by Gasteiger charge is -2.15. The lowest BCUT2D eigenvalue weighted by Crippen LogP contribution is -2.17. The fourth-order valence-electron chi connectivity index (χ4n) is 2.79. The van der Waals surface area contributed by atoms with Crippen molar-refractivity contribution in [1.29, 1.82) is 0 Å². The Kier molecular flexibility index (Phi) is 5.02. The van der Waals surface area contributed by atoms with Crippen molar-refractivity contribution >= 4 is 0 Å². The fraction of sp³-hybridized carbons (Fsp3) is 0.444. The SMILES string of the molecule is CCCNCc1cccn1Cc1c(C)cc(C)cc1C. The van der Waals surface area contributed by atoms with Gasteiger partial charge >= 0.3 is 0 Å². The maximum absolute atomic E-state index is 3.48. The summed E-state index contributed by atoms with van der Waals surface area (Å²) in [6, 6.07) is 8.91. The van der Waals surface area contributed by atoms with Crippen molar-refractivity contribution in [3.8, 4) is 0 Å². The number of aryl methyl sites for hydroxylation is 3. The molecule has 2 rings (SSSR count). The van der Waals surface area contributed by atoms with Gasteiger partial charge < -0.3 is 9.88 Å². The van der Waals surface area contributed by atoms with Crippen molar-refractivity contribution in [3.63, 3.8) is 0 Å². The van der Waals surface area contributed by atoms with Crippen LogP contribution in [0.5, 0.6) is 0 Å². The second-order valence-corrected chi connectivity index (χ2v) is 5.68. The Morgan fingerprint density at radius 1 is 1.10 bits per heavy atom. The van der Waals surface area contributed by atoms with E-state index < -0.39 is 0 Å². The molecule has 2 heteroatoms. The van der Waals surface area contributed by atoms with Crippen LogP contribution in [0.15, 0.2) is 30.5 Å². The van der Waals surface area contributed by atoms with E-state index in [0.29, 0.717) is 0 Å². The van der Waals surface area contributed by atoms with E-state index in [-0.39, 0.29) is 0 Å². The molecule has 2 aromatic rings. The van der Waals surface area contributed by atoms with Gasteiger partial charge in [0, 0.05) is 25.0 Å². The summed E-state index contributed by atoms with van der Waals surface area (Å²) in [7, 11) is 0. The molecule has 0 unspecified atom stereocenters. The molecule has 2 nitrogen and oxygen atoms in total. The van der Waals surface area contributed by atoms with E-state index in [1.165, 1.54) is 34.4 Å². The molecular formula is C18H26N2. The van der Waals surface area contributed by atoms with E-state index in [0.717, 1.165) is 19.6 Å². The molecule has 0 amide bonds. The quantitative estimate of drug-likeness (QED) is 0.786. The Morgan fingerprint density at radius 3 is 2.45 bits per heavy atom. The van der Waals surface area contributed by atoms with Crippen LogP contribution in [0.3, 0.4) is 0 Å². The summed E-state index contributed by atoms with van der Waals surface area (Å²) < 4.78 is 2.35. The lowest BCUT2D eigenvalue weighted by molar-refractivity contribution is 0.629. The largest absolute Gasteiger partial charge is 0.346 e. The third kappa shape index (κ3) is 3.51. The van der Waals surface area contributed by atoms with Crippen molar-refractivity contribution in [1.82, 2.24) is 9.88 Å². The summed E-state index contributed by atoms with van der Waals surface area (Å²) >= 11 is 0. The summed E-state index contributed by atoms with van der Waals surface area (Å²) in [6.45, 7) is 11.8.